The second-order valence-electron chi connectivity index (χ2n) is 4.14. The van der Waals surface area contributed by atoms with Crippen molar-refractivity contribution in [3.8, 4) is 0 Å². The third kappa shape index (κ3) is 2.35. The van der Waals surface area contributed by atoms with E-state index >= 15 is 0 Å². The lowest BCUT2D eigenvalue weighted by Gasteiger charge is -2.18. The van der Waals surface area contributed by atoms with Crippen LogP contribution < -0.4 is 5.73 Å². The van der Waals surface area contributed by atoms with Gasteiger partial charge < -0.3 is 5.73 Å². The minimum Gasteiger partial charge on any atom is -0.324 e. The van der Waals surface area contributed by atoms with E-state index < -0.39 is 0 Å². The third-order valence-electron chi connectivity index (χ3n) is 2.77. The summed E-state index contributed by atoms with van der Waals surface area (Å²) < 4.78 is 1.84. The van der Waals surface area contributed by atoms with Crippen LogP contribution >= 0.6 is 0 Å². The van der Waals surface area contributed by atoms with Gasteiger partial charge in [0.25, 0.3) is 0 Å². The van der Waals surface area contributed by atoms with E-state index in [1.54, 1.807) is 0 Å². The summed E-state index contributed by atoms with van der Waals surface area (Å²) >= 11 is 0. The van der Waals surface area contributed by atoms with Crippen molar-refractivity contribution in [1.29, 1.82) is 0 Å². The molecule has 0 aliphatic rings. The first-order chi connectivity index (χ1) is 6.56. The van der Waals surface area contributed by atoms with E-state index in [0.717, 1.165) is 5.69 Å². The molecular weight excluding hydrogens is 174 g/mol. The zero-order valence-corrected chi connectivity index (χ0v) is 9.62. The first-order valence-electron chi connectivity index (χ1n) is 5.32. The summed E-state index contributed by atoms with van der Waals surface area (Å²) in [6, 6.07) is 0.128. The maximum atomic E-state index is 6.19. The van der Waals surface area contributed by atoms with Crippen molar-refractivity contribution in [3.05, 3.63) is 17.5 Å². The van der Waals surface area contributed by atoms with Crippen molar-refractivity contribution in [3.63, 3.8) is 0 Å². The largest absolute Gasteiger partial charge is 0.324 e. The molecule has 1 rings (SSSR count). The van der Waals surface area contributed by atoms with Gasteiger partial charge in [0, 0.05) is 24.8 Å². The van der Waals surface area contributed by atoms with Gasteiger partial charge >= 0.3 is 0 Å². The Morgan fingerprint density at radius 3 is 2.64 bits per heavy atom. The van der Waals surface area contributed by atoms with E-state index in [4.69, 9.17) is 5.73 Å². The summed E-state index contributed by atoms with van der Waals surface area (Å²) in [7, 11) is 1.94. The van der Waals surface area contributed by atoms with Crippen LogP contribution in [-0.4, -0.2) is 9.78 Å². The summed E-state index contributed by atoms with van der Waals surface area (Å²) in [5.41, 5.74) is 8.43. The van der Waals surface area contributed by atoms with Gasteiger partial charge in [-0.25, -0.2) is 0 Å². The molecule has 0 saturated carbocycles. The molecule has 0 bridgehead atoms. The van der Waals surface area contributed by atoms with E-state index in [1.165, 1.54) is 18.4 Å². The van der Waals surface area contributed by atoms with Crippen molar-refractivity contribution in [2.45, 2.75) is 39.7 Å². The molecule has 2 atom stereocenters. The Bertz CT molecular complexity index is 291. The van der Waals surface area contributed by atoms with Gasteiger partial charge in [-0.1, -0.05) is 20.3 Å². The number of hydrogen-bond acceptors (Lipinski definition) is 2. The Labute approximate surface area is 86.3 Å². The van der Waals surface area contributed by atoms with Gasteiger partial charge in [0.05, 0.1) is 5.69 Å². The van der Waals surface area contributed by atoms with Crippen LogP contribution in [0.1, 0.15) is 44.0 Å². The van der Waals surface area contributed by atoms with Gasteiger partial charge in [0.2, 0.25) is 0 Å². The molecule has 0 aliphatic heterocycles. The fourth-order valence-electron chi connectivity index (χ4n) is 1.89. The highest BCUT2D eigenvalue weighted by Gasteiger charge is 2.17. The molecule has 80 valence electrons. The van der Waals surface area contributed by atoms with Crippen molar-refractivity contribution in [2.75, 3.05) is 0 Å². The lowest BCUT2D eigenvalue weighted by Crippen LogP contribution is -2.19. The lowest BCUT2D eigenvalue weighted by atomic mass is 9.92. The molecule has 2 unspecified atom stereocenters. The summed E-state index contributed by atoms with van der Waals surface area (Å²) in [5.74, 6) is 0.530. The van der Waals surface area contributed by atoms with Crippen molar-refractivity contribution >= 4 is 0 Å². The molecular formula is C11H21N3. The zero-order chi connectivity index (χ0) is 10.7. The molecule has 14 heavy (non-hydrogen) atoms. The molecule has 3 heteroatoms. The second-order valence-corrected chi connectivity index (χ2v) is 4.14. The van der Waals surface area contributed by atoms with Crippen LogP contribution in [0.15, 0.2) is 6.20 Å². The first kappa shape index (κ1) is 11.2. The Balaban J connectivity index is 2.77. The van der Waals surface area contributed by atoms with Crippen LogP contribution in [-0.2, 0) is 7.05 Å². The number of nitrogens with zero attached hydrogens (tertiary/aromatic N) is 2. The van der Waals surface area contributed by atoms with Gasteiger partial charge in [-0.15, -0.1) is 0 Å². The zero-order valence-electron chi connectivity index (χ0n) is 9.62. The van der Waals surface area contributed by atoms with Crippen LogP contribution in [0.5, 0.6) is 0 Å². The van der Waals surface area contributed by atoms with E-state index in [-0.39, 0.29) is 6.04 Å². The molecule has 0 aliphatic carbocycles. The average molecular weight is 195 g/mol. The van der Waals surface area contributed by atoms with Crippen LogP contribution in [0.3, 0.4) is 0 Å². The minimum atomic E-state index is 0.128. The molecule has 0 fully saturated rings. The first-order valence-corrected chi connectivity index (χ1v) is 5.32. The summed E-state index contributed by atoms with van der Waals surface area (Å²) in [4.78, 5) is 0. The molecule has 0 saturated heterocycles. The Hall–Kier alpha value is -0.830. The predicted molar refractivity (Wildman–Crippen MR) is 58.9 cm³/mol. The number of hydrogen-bond donors (Lipinski definition) is 1. The quantitative estimate of drug-likeness (QED) is 0.800. The predicted octanol–water partition coefficient (Wildman–Crippen LogP) is 2.16. The van der Waals surface area contributed by atoms with E-state index in [0.29, 0.717) is 5.92 Å². The molecule has 2 N–H and O–H groups in total. The Kier molecular flexibility index (Phi) is 3.69. The van der Waals surface area contributed by atoms with Gasteiger partial charge in [-0.05, 0) is 19.3 Å². The monoisotopic (exact) mass is 195 g/mol. The van der Waals surface area contributed by atoms with Crippen molar-refractivity contribution in [2.24, 2.45) is 18.7 Å². The highest BCUT2D eigenvalue weighted by molar-refractivity contribution is 5.20. The molecule has 3 nitrogen and oxygen atoms in total. The van der Waals surface area contributed by atoms with E-state index in [9.17, 15) is 0 Å². The Morgan fingerprint density at radius 2 is 2.21 bits per heavy atom. The smallest absolute Gasteiger partial charge is 0.0641 e. The van der Waals surface area contributed by atoms with Crippen LogP contribution in [0.25, 0.3) is 0 Å². The standard InChI is InChI=1S/C11H21N3/c1-5-6-8(2)11(12)10-7-14(4)13-9(10)3/h7-8,11H,5-6,12H2,1-4H3. The maximum absolute atomic E-state index is 6.19. The molecule has 1 heterocycles. The van der Waals surface area contributed by atoms with Crippen molar-refractivity contribution < 1.29 is 0 Å². The number of aromatic nitrogens is 2. The normalized spacial score (nSPS) is 15.5. The summed E-state index contributed by atoms with van der Waals surface area (Å²) in [6.45, 7) is 6.42. The second kappa shape index (κ2) is 4.60. The number of nitrogens with two attached hydrogens (primary N) is 1. The van der Waals surface area contributed by atoms with E-state index in [2.05, 4.69) is 18.9 Å². The maximum Gasteiger partial charge on any atom is 0.0641 e. The molecule has 0 radical (unpaired) electrons. The summed E-state index contributed by atoms with van der Waals surface area (Å²) in [6.07, 6.45) is 4.40. The average Bonchev–Trinajstić information content (AvgIpc) is 2.44. The van der Waals surface area contributed by atoms with Gasteiger partial charge in [-0.3, -0.25) is 4.68 Å². The molecule has 0 amide bonds. The molecule has 0 spiro atoms. The van der Waals surface area contributed by atoms with Gasteiger partial charge in [0.15, 0.2) is 0 Å². The van der Waals surface area contributed by atoms with Crippen LogP contribution in [0, 0.1) is 12.8 Å². The molecule has 1 aromatic heterocycles. The molecule has 1 aromatic rings. The molecule has 0 aromatic carbocycles. The van der Waals surface area contributed by atoms with Crippen LogP contribution in [0.4, 0.5) is 0 Å². The van der Waals surface area contributed by atoms with Gasteiger partial charge in [0.1, 0.15) is 0 Å². The highest BCUT2D eigenvalue weighted by atomic mass is 15.2. The minimum absolute atomic E-state index is 0.128. The fraction of sp³-hybridized carbons (Fsp3) is 0.727. The van der Waals surface area contributed by atoms with Gasteiger partial charge in [-0.2, -0.15) is 5.10 Å². The third-order valence-corrected chi connectivity index (χ3v) is 2.77. The Morgan fingerprint density at radius 1 is 1.57 bits per heavy atom. The fourth-order valence-corrected chi connectivity index (χ4v) is 1.89. The van der Waals surface area contributed by atoms with E-state index in [1.807, 2.05) is 24.9 Å². The topological polar surface area (TPSA) is 43.8 Å². The van der Waals surface area contributed by atoms with Crippen LogP contribution in [0.2, 0.25) is 0 Å². The summed E-state index contributed by atoms with van der Waals surface area (Å²) in [5, 5.41) is 4.31. The highest BCUT2D eigenvalue weighted by Crippen LogP contribution is 2.24. The number of rotatable bonds is 4. The lowest BCUT2D eigenvalue weighted by molar-refractivity contribution is 0.432. The SMILES string of the molecule is CCCC(C)C(N)c1cn(C)nc1C. The van der Waals surface area contributed by atoms with Crippen molar-refractivity contribution in [1.82, 2.24) is 9.78 Å². The number of aryl methyl sites for hydroxylation is 2.